The van der Waals surface area contributed by atoms with Gasteiger partial charge in [0.05, 0.1) is 17.1 Å². The number of hydrogen-bond donors (Lipinski definition) is 1. The number of aromatic nitrogens is 2. The number of amides is 1. The molecule has 9 heteroatoms. The molecule has 0 saturated heterocycles. The first-order chi connectivity index (χ1) is 13.8. The number of anilines is 1. The van der Waals surface area contributed by atoms with E-state index in [1.807, 2.05) is 6.92 Å². The van der Waals surface area contributed by atoms with Crippen LogP contribution in [0.4, 0.5) is 5.69 Å². The molecule has 1 amide bonds. The maximum atomic E-state index is 12.7. The summed E-state index contributed by atoms with van der Waals surface area (Å²) in [5, 5.41) is 4.36. The van der Waals surface area contributed by atoms with E-state index < -0.39 is 10.0 Å². The predicted octanol–water partition coefficient (Wildman–Crippen LogP) is 1.01. The first kappa shape index (κ1) is 19.8. The summed E-state index contributed by atoms with van der Waals surface area (Å²) in [5.74, 6) is -0.0581. The lowest BCUT2D eigenvalue weighted by molar-refractivity contribution is -0.116. The minimum absolute atomic E-state index is 0.00571. The summed E-state index contributed by atoms with van der Waals surface area (Å²) in [7, 11) is -3.73. The van der Waals surface area contributed by atoms with Gasteiger partial charge in [0.15, 0.2) is 0 Å². The number of sulfonamides is 1. The molecule has 2 aromatic rings. The highest BCUT2D eigenvalue weighted by Crippen LogP contribution is 2.33. The van der Waals surface area contributed by atoms with Crippen molar-refractivity contribution in [1.29, 1.82) is 0 Å². The molecule has 1 aromatic heterocycles. The normalized spacial score (nSPS) is 18.0. The molecule has 0 radical (unpaired) electrons. The predicted molar refractivity (Wildman–Crippen MR) is 108 cm³/mol. The van der Waals surface area contributed by atoms with Crippen LogP contribution in [0.3, 0.4) is 0 Å². The van der Waals surface area contributed by atoms with E-state index in [9.17, 15) is 18.0 Å². The van der Waals surface area contributed by atoms with Gasteiger partial charge >= 0.3 is 0 Å². The molecule has 1 unspecified atom stereocenters. The topological polar surface area (TPSA) is 101 Å². The van der Waals surface area contributed by atoms with Gasteiger partial charge in [-0.3, -0.25) is 9.59 Å². The van der Waals surface area contributed by atoms with Gasteiger partial charge in [0.2, 0.25) is 15.9 Å². The standard InChI is InChI=1S/C20H24N4O4S/c1-13-10-16-11-17(6-7-19(16)24(13)14(2)25)29(27,28)21-8-9-23-20(26)12-15-4-3-5-18(15)22-23/h6-7,11-13,21H,3-5,8-10H2,1-2H3. The molecule has 1 N–H and O–H groups in total. The monoisotopic (exact) mass is 416 g/mol. The van der Waals surface area contributed by atoms with Gasteiger partial charge < -0.3 is 4.90 Å². The van der Waals surface area contributed by atoms with Gasteiger partial charge in [-0.25, -0.2) is 17.8 Å². The second kappa shape index (κ2) is 7.38. The quantitative estimate of drug-likeness (QED) is 0.784. The molecule has 0 bridgehead atoms. The minimum atomic E-state index is -3.73. The molecule has 0 spiro atoms. The van der Waals surface area contributed by atoms with Gasteiger partial charge in [-0.15, -0.1) is 0 Å². The van der Waals surface area contributed by atoms with Crippen molar-refractivity contribution in [1.82, 2.24) is 14.5 Å². The number of nitrogens with zero attached hydrogens (tertiary/aromatic N) is 3. The third-order valence-electron chi connectivity index (χ3n) is 5.56. The van der Waals surface area contributed by atoms with Crippen LogP contribution in [-0.2, 0) is 40.6 Å². The summed E-state index contributed by atoms with van der Waals surface area (Å²) in [4.78, 5) is 25.8. The van der Waals surface area contributed by atoms with Crippen LogP contribution in [0.15, 0.2) is 34.0 Å². The van der Waals surface area contributed by atoms with Crippen molar-refractivity contribution < 1.29 is 13.2 Å². The molecule has 1 aromatic carbocycles. The average Bonchev–Trinajstić information content (AvgIpc) is 3.23. The molecule has 1 atom stereocenters. The van der Waals surface area contributed by atoms with Crippen LogP contribution in [0.2, 0.25) is 0 Å². The molecule has 8 nitrogen and oxygen atoms in total. The van der Waals surface area contributed by atoms with Crippen molar-refractivity contribution in [2.45, 2.75) is 57.0 Å². The lowest BCUT2D eigenvalue weighted by Crippen LogP contribution is -2.33. The minimum Gasteiger partial charge on any atom is -0.309 e. The van der Waals surface area contributed by atoms with E-state index in [2.05, 4.69) is 9.82 Å². The van der Waals surface area contributed by atoms with E-state index in [4.69, 9.17) is 0 Å². The van der Waals surface area contributed by atoms with Crippen LogP contribution in [0.25, 0.3) is 0 Å². The van der Waals surface area contributed by atoms with E-state index >= 15 is 0 Å². The van der Waals surface area contributed by atoms with Crippen molar-refractivity contribution in [3.8, 4) is 0 Å². The largest absolute Gasteiger partial charge is 0.309 e. The van der Waals surface area contributed by atoms with Gasteiger partial charge in [-0.05, 0) is 61.9 Å². The Morgan fingerprint density at radius 3 is 2.79 bits per heavy atom. The fourth-order valence-corrected chi connectivity index (χ4v) is 5.29. The Kier molecular flexibility index (Phi) is 5.04. The third kappa shape index (κ3) is 3.72. The van der Waals surface area contributed by atoms with Crippen LogP contribution in [-0.4, -0.2) is 36.7 Å². The molecular weight excluding hydrogens is 392 g/mol. The van der Waals surface area contributed by atoms with Crippen molar-refractivity contribution in [3.63, 3.8) is 0 Å². The molecule has 2 aliphatic rings. The molecule has 2 heterocycles. The second-order valence-electron chi connectivity index (χ2n) is 7.66. The van der Waals surface area contributed by atoms with Crippen molar-refractivity contribution in [2.75, 3.05) is 11.4 Å². The Morgan fingerprint density at radius 1 is 1.24 bits per heavy atom. The number of rotatable bonds is 5. The second-order valence-corrected chi connectivity index (χ2v) is 9.43. The lowest BCUT2D eigenvalue weighted by atomic mass is 10.1. The number of benzene rings is 1. The molecule has 4 rings (SSSR count). The molecule has 154 valence electrons. The van der Waals surface area contributed by atoms with E-state index in [-0.39, 0.29) is 35.5 Å². The Bertz CT molecular complexity index is 1140. The molecule has 1 aliphatic heterocycles. The molecule has 0 fully saturated rings. The van der Waals surface area contributed by atoms with Crippen LogP contribution in [0.5, 0.6) is 0 Å². The highest BCUT2D eigenvalue weighted by Gasteiger charge is 2.30. The van der Waals surface area contributed by atoms with Crippen molar-refractivity contribution >= 4 is 21.6 Å². The summed E-state index contributed by atoms with van der Waals surface area (Å²) >= 11 is 0. The Hall–Kier alpha value is -2.52. The summed E-state index contributed by atoms with van der Waals surface area (Å²) in [6.07, 6.45) is 3.35. The maximum absolute atomic E-state index is 12.7. The van der Waals surface area contributed by atoms with Crippen LogP contribution in [0.1, 0.15) is 37.1 Å². The first-order valence-electron chi connectivity index (χ1n) is 9.78. The SMILES string of the molecule is CC(=O)N1c2ccc(S(=O)(=O)NCCn3nc4c(cc3=O)CCC4)cc2CC1C. The Labute approximate surface area is 169 Å². The Morgan fingerprint density at radius 2 is 2.03 bits per heavy atom. The first-order valence-corrected chi connectivity index (χ1v) is 11.3. The Balaban J connectivity index is 1.47. The summed E-state index contributed by atoms with van der Waals surface area (Å²) in [6.45, 7) is 3.69. The van der Waals surface area contributed by atoms with Gasteiger partial charge in [-0.1, -0.05) is 0 Å². The van der Waals surface area contributed by atoms with E-state index in [1.165, 1.54) is 17.7 Å². The zero-order valence-corrected chi connectivity index (χ0v) is 17.3. The van der Waals surface area contributed by atoms with Gasteiger partial charge in [0.1, 0.15) is 0 Å². The number of aryl methyl sites for hydroxylation is 2. The molecule has 29 heavy (non-hydrogen) atoms. The van der Waals surface area contributed by atoms with E-state index in [0.29, 0.717) is 6.42 Å². The lowest BCUT2D eigenvalue weighted by Gasteiger charge is -2.20. The molecule has 1 aliphatic carbocycles. The number of nitrogens with one attached hydrogen (secondary N) is 1. The van der Waals surface area contributed by atoms with Crippen LogP contribution < -0.4 is 15.2 Å². The highest BCUT2D eigenvalue weighted by molar-refractivity contribution is 7.89. The number of carbonyl (C=O) groups is 1. The number of fused-ring (bicyclic) bond motifs is 2. The van der Waals surface area contributed by atoms with E-state index in [1.54, 1.807) is 23.1 Å². The zero-order valence-electron chi connectivity index (χ0n) is 16.5. The number of hydrogen-bond acceptors (Lipinski definition) is 5. The summed E-state index contributed by atoms with van der Waals surface area (Å²) < 4.78 is 29.3. The zero-order chi connectivity index (χ0) is 20.8. The van der Waals surface area contributed by atoms with Gasteiger partial charge in [0.25, 0.3) is 5.56 Å². The average molecular weight is 417 g/mol. The van der Waals surface area contributed by atoms with Crippen LogP contribution in [0, 0.1) is 0 Å². The fraction of sp³-hybridized carbons (Fsp3) is 0.450. The number of carbonyl (C=O) groups excluding carboxylic acids is 1. The fourth-order valence-electron chi connectivity index (χ4n) is 4.22. The van der Waals surface area contributed by atoms with Crippen molar-refractivity contribution in [2.24, 2.45) is 0 Å². The summed E-state index contributed by atoms with van der Waals surface area (Å²) in [6, 6.07) is 6.42. The highest BCUT2D eigenvalue weighted by atomic mass is 32.2. The summed E-state index contributed by atoms with van der Waals surface area (Å²) in [5.41, 5.74) is 3.32. The molecular formula is C20H24N4O4S. The maximum Gasteiger partial charge on any atom is 0.267 e. The van der Waals surface area contributed by atoms with Crippen molar-refractivity contribution in [3.05, 3.63) is 51.4 Å². The molecule has 0 saturated carbocycles. The van der Waals surface area contributed by atoms with Crippen LogP contribution >= 0.6 is 0 Å². The van der Waals surface area contributed by atoms with Gasteiger partial charge in [0, 0.05) is 31.3 Å². The van der Waals surface area contributed by atoms with Gasteiger partial charge in [-0.2, -0.15) is 5.10 Å². The third-order valence-corrected chi connectivity index (χ3v) is 7.01. The van der Waals surface area contributed by atoms with E-state index in [0.717, 1.165) is 41.8 Å². The smallest absolute Gasteiger partial charge is 0.267 e.